The first-order valence-corrected chi connectivity index (χ1v) is 5.97. The zero-order chi connectivity index (χ0) is 14.3. The van der Waals surface area contributed by atoms with E-state index in [0.29, 0.717) is 4.90 Å². The molecule has 0 aliphatic rings. The van der Waals surface area contributed by atoms with Crippen LogP contribution in [-0.2, 0) is 0 Å². The highest BCUT2D eigenvalue weighted by molar-refractivity contribution is 8.03. The van der Waals surface area contributed by atoms with Crippen LogP contribution >= 0.6 is 11.8 Å². The minimum Gasteiger partial charge on any atom is -0.396 e. The normalized spacial score (nSPS) is 9.11. The van der Waals surface area contributed by atoms with Gasteiger partial charge in [0.25, 0.3) is 0 Å². The number of thioether (sulfide) groups is 1. The lowest BCUT2D eigenvalue weighted by molar-refractivity contribution is 0.629. The number of thiocyanates is 1. The number of nitrogens with two attached hydrogens (primary N) is 2. The van der Waals surface area contributed by atoms with E-state index < -0.39 is 5.82 Å². The largest absolute Gasteiger partial charge is 0.396 e. The third-order valence-electron chi connectivity index (χ3n) is 2.04. The first kappa shape index (κ1) is 14.8. The van der Waals surface area contributed by atoms with Crippen LogP contribution in [0.5, 0.6) is 0 Å². The molecule has 0 aliphatic heterocycles. The Bertz CT molecular complexity index is 576. The molecule has 0 aromatic heterocycles. The van der Waals surface area contributed by atoms with E-state index in [1.54, 1.807) is 18.2 Å². The van der Waals surface area contributed by atoms with E-state index >= 15 is 0 Å². The Kier molecular flexibility index (Phi) is 5.64. The second-order valence-electron chi connectivity index (χ2n) is 3.40. The van der Waals surface area contributed by atoms with Gasteiger partial charge in [0.15, 0.2) is 0 Å². The molecule has 0 spiro atoms. The molecular weight excluding hydrogens is 268 g/mol. The predicted octanol–water partition coefficient (Wildman–Crippen LogP) is 3.39. The summed E-state index contributed by atoms with van der Waals surface area (Å²) >= 11 is 0.908. The summed E-state index contributed by atoms with van der Waals surface area (Å²) in [6.45, 7) is 0. The van der Waals surface area contributed by atoms with E-state index in [0.717, 1.165) is 11.8 Å². The van der Waals surface area contributed by atoms with Crippen molar-refractivity contribution in [1.29, 1.82) is 5.26 Å². The van der Waals surface area contributed by atoms with Crippen LogP contribution in [0.25, 0.3) is 0 Å². The van der Waals surface area contributed by atoms with Crippen molar-refractivity contribution >= 4 is 23.1 Å². The summed E-state index contributed by atoms with van der Waals surface area (Å²) in [7, 11) is 0. The van der Waals surface area contributed by atoms with Gasteiger partial charge in [-0.25, -0.2) is 8.78 Å². The molecule has 2 aromatic rings. The first-order valence-electron chi connectivity index (χ1n) is 5.15. The lowest BCUT2D eigenvalue weighted by atomic mass is 10.3. The second-order valence-corrected chi connectivity index (χ2v) is 4.26. The Morgan fingerprint density at radius 3 is 2.05 bits per heavy atom. The maximum Gasteiger partial charge on any atom is 0.147 e. The van der Waals surface area contributed by atoms with Gasteiger partial charge in [0.1, 0.15) is 17.0 Å². The number of nitriles is 1. The third kappa shape index (κ3) is 4.85. The summed E-state index contributed by atoms with van der Waals surface area (Å²) in [5, 5.41) is 10.1. The van der Waals surface area contributed by atoms with Gasteiger partial charge in [-0.2, -0.15) is 5.26 Å². The first-order chi connectivity index (χ1) is 9.04. The molecule has 0 saturated carbocycles. The molecule has 19 heavy (non-hydrogen) atoms. The Balaban J connectivity index is 0.000000200. The van der Waals surface area contributed by atoms with Crippen LogP contribution in [0.4, 0.5) is 20.2 Å². The van der Waals surface area contributed by atoms with Crippen LogP contribution in [0.1, 0.15) is 0 Å². The molecule has 0 heterocycles. The quantitative estimate of drug-likeness (QED) is 0.476. The fraction of sp³-hybridized carbons (Fsp3) is 0. The molecule has 0 unspecified atom stereocenters. The Labute approximate surface area is 113 Å². The van der Waals surface area contributed by atoms with Crippen molar-refractivity contribution < 1.29 is 8.78 Å². The molecule has 6 heteroatoms. The predicted molar refractivity (Wildman–Crippen MR) is 73.1 cm³/mol. The molecule has 0 aliphatic carbocycles. The molecule has 0 fully saturated rings. The van der Waals surface area contributed by atoms with Crippen LogP contribution in [0.2, 0.25) is 0 Å². The molecule has 3 nitrogen and oxygen atoms in total. The lowest BCUT2D eigenvalue weighted by Gasteiger charge is -1.96. The summed E-state index contributed by atoms with van der Waals surface area (Å²) in [6.07, 6.45) is 0. The smallest absolute Gasteiger partial charge is 0.147 e. The number of nitrogens with zero attached hydrogens (tertiary/aromatic N) is 1. The molecule has 0 atom stereocenters. The number of halogens is 2. The number of hydrogen-bond donors (Lipinski definition) is 2. The van der Waals surface area contributed by atoms with Gasteiger partial charge in [-0.15, -0.1) is 0 Å². The van der Waals surface area contributed by atoms with Crippen LogP contribution in [-0.4, -0.2) is 0 Å². The number of hydrogen-bond acceptors (Lipinski definition) is 4. The van der Waals surface area contributed by atoms with Gasteiger partial charge in [0.2, 0.25) is 0 Å². The van der Waals surface area contributed by atoms with Crippen molar-refractivity contribution in [1.82, 2.24) is 0 Å². The monoisotopic (exact) mass is 279 g/mol. The molecule has 0 saturated heterocycles. The van der Waals surface area contributed by atoms with E-state index in [4.69, 9.17) is 16.7 Å². The number of anilines is 2. The van der Waals surface area contributed by atoms with Gasteiger partial charge < -0.3 is 11.5 Å². The zero-order valence-corrected chi connectivity index (χ0v) is 10.6. The van der Waals surface area contributed by atoms with Crippen molar-refractivity contribution in [3.8, 4) is 5.40 Å². The molecule has 0 bridgehead atoms. The van der Waals surface area contributed by atoms with E-state index in [-0.39, 0.29) is 17.2 Å². The number of para-hydroxylation sites is 1. The van der Waals surface area contributed by atoms with Crippen LogP contribution in [0.15, 0.2) is 47.4 Å². The summed E-state index contributed by atoms with van der Waals surface area (Å²) in [6, 6.07) is 10.4. The van der Waals surface area contributed by atoms with E-state index in [9.17, 15) is 8.78 Å². The molecule has 0 amide bonds. The average Bonchev–Trinajstić information content (AvgIpc) is 2.39. The van der Waals surface area contributed by atoms with Crippen molar-refractivity contribution in [3.05, 3.63) is 54.1 Å². The fourth-order valence-electron chi connectivity index (χ4n) is 1.10. The summed E-state index contributed by atoms with van der Waals surface area (Å²) in [4.78, 5) is 0.569. The zero-order valence-electron chi connectivity index (χ0n) is 9.81. The third-order valence-corrected chi connectivity index (χ3v) is 2.62. The van der Waals surface area contributed by atoms with Gasteiger partial charge >= 0.3 is 0 Å². The van der Waals surface area contributed by atoms with Crippen molar-refractivity contribution in [3.63, 3.8) is 0 Å². The molecular formula is C13H11F2N3S. The highest BCUT2D eigenvalue weighted by Crippen LogP contribution is 2.20. The maximum absolute atomic E-state index is 12.7. The Hall–Kier alpha value is -2.26. The highest BCUT2D eigenvalue weighted by atomic mass is 32.2. The fourth-order valence-corrected chi connectivity index (χ4v) is 1.50. The highest BCUT2D eigenvalue weighted by Gasteiger charge is 1.98. The van der Waals surface area contributed by atoms with Gasteiger partial charge in [0.05, 0.1) is 11.4 Å². The molecule has 98 valence electrons. The SMILES string of the molecule is N#CSc1ccc(N)c(F)c1.Nc1ccccc1F. The van der Waals surface area contributed by atoms with Gasteiger partial charge in [-0.05, 0) is 42.1 Å². The second kappa shape index (κ2) is 7.24. The molecule has 2 aromatic carbocycles. The van der Waals surface area contributed by atoms with Crippen molar-refractivity contribution in [2.75, 3.05) is 11.5 Å². The van der Waals surface area contributed by atoms with Crippen molar-refractivity contribution in [2.24, 2.45) is 0 Å². The summed E-state index contributed by atoms with van der Waals surface area (Å²) < 4.78 is 24.8. The summed E-state index contributed by atoms with van der Waals surface area (Å²) in [5.74, 6) is -0.835. The van der Waals surface area contributed by atoms with Crippen LogP contribution in [0.3, 0.4) is 0 Å². The van der Waals surface area contributed by atoms with E-state index in [1.165, 1.54) is 24.3 Å². The van der Waals surface area contributed by atoms with E-state index in [1.807, 2.05) is 5.40 Å². The van der Waals surface area contributed by atoms with Gasteiger partial charge in [-0.1, -0.05) is 12.1 Å². The van der Waals surface area contributed by atoms with Gasteiger partial charge in [0, 0.05) is 4.90 Å². The maximum atomic E-state index is 12.7. The van der Waals surface area contributed by atoms with Crippen molar-refractivity contribution in [2.45, 2.75) is 4.90 Å². The van der Waals surface area contributed by atoms with Crippen LogP contribution < -0.4 is 11.5 Å². The van der Waals surface area contributed by atoms with E-state index in [2.05, 4.69) is 0 Å². The minimum atomic E-state index is -0.481. The topological polar surface area (TPSA) is 75.8 Å². The number of nitrogen functional groups attached to an aromatic ring is 2. The van der Waals surface area contributed by atoms with Crippen LogP contribution in [0, 0.1) is 22.3 Å². The lowest BCUT2D eigenvalue weighted by Crippen LogP contribution is -1.88. The number of benzene rings is 2. The number of rotatable bonds is 1. The Morgan fingerprint density at radius 1 is 0.947 bits per heavy atom. The average molecular weight is 279 g/mol. The van der Waals surface area contributed by atoms with Gasteiger partial charge in [-0.3, -0.25) is 0 Å². The minimum absolute atomic E-state index is 0.104. The molecule has 4 N–H and O–H groups in total. The molecule has 2 rings (SSSR count). The Morgan fingerprint density at radius 2 is 1.58 bits per heavy atom. The molecule has 0 radical (unpaired) electrons. The standard InChI is InChI=1S/C7H5FN2S.C6H6FN/c8-6-3-5(11-4-9)1-2-7(6)10;7-5-3-1-2-4-6(5)8/h1-3H,10H2;1-4H,8H2. The summed E-state index contributed by atoms with van der Waals surface area (Å²) in [5.41, 5.74) is 10.7.